The fourth-order valence-electron chi connectivity index (χ4n) is 2.75. The first-order valence-corrected chi connectivity index (χ1v) is 10.6. The molecular formula is C24H22Cl2N2O4. The van der Waals surface area contributed by atoms with Gasteiger partial charge in [-0.3, -0.25) is 4.79 Å². The average molecular weight is 473 g/mol. The number of benzene rings is 3. The lowest BCUT2D eigenvalue weighted by Crippen LogP contribution is -2.24. The summed E-state index contributed by atoms with van der Waals surface area (Å²) in [5.41, 5.74) is 4.33. The Kier molecular flexibility index (Phi) is 8.78. The van der Waals surface area contributed by atoms with Crippen LogP contribution in [0.5, 0.6) is 17.2 Å². The van der Waals surface area contributed by atoms with E-state index < -0.39 is 5.91 Å². The monoisotopic (exact) mass is 472 g/mol. The van der Waals surface area contributed by atoms with Crippen molar-refractivity contribution in [1.29, 1.82) is 0 Å². The Morgan fingerprint density at radius 3 is 2.56 bits per heavy atom. The second-order valence-corrected chi connectivity index (χ2v) is 7.49. The molecule has 0 aromatic heterocycles. The highest BCUT2D eigenvalue weighted by Crippen LogP contribution is 2.28. The summed E-state index contributed by atoms with van der Waals surface area (Å²) in [6.45, 7) is 0.273. The zero-order valence-electron chi connectivity index (χ0n) is 17.4. The van der Waals surface area contributed by atoms with Crippen molar-refractivity contribution in [2.75, 3.05) is 20.3 Å². The highest BCUT2D eigenvalue weighted by atomic mass is 35.5. The zero-order valence-corrected chi connectivity index (χ0v) is 18.9. The minimum atomic E-state index is -0.440. The minimum absolute atomic E-state index is 0.255. The highest BCUT2D eigenvalue weighted by molar-refractivity contribution is 6.34. The summed E-state index contributed by atoms with van der Waals surface area (Å²) in [4.78, 5) is 11.9. The molecule has 3 rings (SSSR count). The Morgan fingerprint density at radius 1 is 0.969 bits per heavy atom. The van der Waals surface area contributed by atoms with E-state index in [2.05, 4.69) is 22.7 Å². The van der Waals surface area contributed by atoms with Crippen LogP contribution in [-0.2, 0) is 11.2 Å². The van der Waals surface area contributed by atoms with E-state index in [9.17, 15) is 4.79 Å². The number of carbonyl (C=O) groups excluding carboxylic acids is 1. The first kappa shape index (κ1) is 23.4. The Bertz CT molecular complexity index is 1070. The van der Waals surface area contributed by atoms with Gasteiger partial charge in [0.15, 0.2) is 18.1 Å². The number of rotatable bonds is 10. The van der Waals surface area contributed by atoms with Gasteiger partial charge < -0.3 is 14.2 Å². The number of nitrogens with zero attached hydrogens (tertiary/aromatic N) is 1. The number of ether oxygens (including phenoxy) is 3. The van der Waals surface area contributed by atoms with E-state index in [0.717, 1.165) is 12.0 Å². The van der Waals surface area contributed by atoms with Crippen molar-refractivity contribution < 1.29 is 19.0 Å². The van der Waals surface area contributed by atoms with Crippen molar-refractivity contribution in [2.45, 2.75) is 6.42 Å². The molecule has 8 heteroatoms. The molecule has 0 unspecified atom stereocenters. The molecular weight excluding hydrogens is 451 g/mol. The lowest BCUT2D eigenvalue weighted by Gasteiger charge is -2.11. The Balaban J connectivity index is 1.49. The lowest BCUT2D eigenvalue weighted by molar-refractivity contribution is -0.123. The van der Waals surface area contributed by atoms with Gasteiger partial charge in [-0.25, -0.2) is 5.43 Å². The third-order valence-corrected chi connectivity index (χ3v) is 4.88. The largest absolute Gasteiger partial charge is 0.493 e. The summed E-state index contributed by atoms with van der Waals surface area (Å²) >= 11 is 11.9. The van der Waals surface area contributed by atoms with Gasteiger partial charge in [-0.05, 0) is 41.5 Å². The molecule has 32 heavy (non-hydrogen) atoms. The minimum Gasteiger partial charge on any atom is -0.493 e. The number of carbonyl (C=O) groups is 1. The van der Waals surface area contributed by atoms with E-state index in [0.29, 0.717) is 33.9 Å². The Morgan fingerprint density at radius 2 is 1.78 bits per heavy atom. The molecule has 0 atom stereocenters. The van der Waals surface area contributed by atoms with E-state index >= 15 is 0 Å². The molecule has 3 aromatic rings. The molecule has 0 aliphatic rings. The summed E-state index contributed by atoms with van der Waals surface area (Å²) in [7, 11) is 1.57. The van der Waals surface area contributed by atoms with Crippen molar-refractivity contribution in [3.05, 3.63) is 87.9 Å². The van der Waals surface area contributed by atoms with Crippen LogP contribution in [0, 0.1) is 0 Å². The van der Waals surface area contributed by atoms with Crippen LogP contribution in [0.25, 0.3) is 0 Å². The summed E-state index contributed by atoms with van der Waals surface area (Å²) in [5.74, 6) is 1.10. The van der Waals surface area contributed by atoms with Crippen molar-refractivity contribution in [3.8, 4) is 17.2 Å². The predicted octanol–water partition coefficient (Wildman–Crippen LogP) is 5.15. The molecule has 0 saturated heterocycles. The van der Waals surface area contributed by atoms with Crippen LogP contribution in [0.15, 0.2) is 71.8 Å². The van der Waals surface area contributed by atoms with Gasteiger partial charge in [-0.2, -0.15) is 5.10 Å². The maximum absolute atomic E-state index is 11.9. The van der Waals surface area contributed by atoms with E-state index in [1.807, 2.05) is 24.3 Å². The van der Waals surface area contributed by atoms with Crippen LogP contribution in [0.4, 0.5) is 0 Å². The standard InChI is InChI=1S/C24H22Cl2N2O4/c1-30-23-13-18(7-10-21(23)31-12-11-17-5-3-2-4-6-17)15-27-28-24(29)16-32-22-14-19(25)8-9-20(22)26/h2-10,13-15H,11-12,16H2,1H3,(H,28,29)/b27-15+. The van der Waals surface area contributed by atoms with E-state index in [-0.39, 0.29) is 6.61 Å². The third-order valence-electron chi connectivity index (χ3n) is 4.33. The first-order valence-electron chi connectivity index (χ1n) is 9.79. The number of nitrogens with one attached hydrogen (secondary N) is 1. The van der Waals surface area contributed by atoms with E-state index in [4.69, 9.17) is 37.4 Å². The van der Waals surface area contributed by atoms with Gasteiger partial charge in [0.25, 0.3) is 5.91 Å². The SMILES string of the molecule is COc1cc(/C=N/NC(=O)COc2cc(Cl)ccc2Cl)ccc1OCCc1ccccc1. The zero-order chi connectivity index (χ0) is 22.8. The maximum Gasteiger partial charge on any atom is 0.277 e. The Labute approximate surface area is 196 Å². The molecule has 0 saturated carbocycles. The predicted molar refractivity (Wildman–Crippen MR) is 126 cm³/mol. The summed E-state index contributed by atoms with van der Waals surface area (Å²) in [6, 6.07) is 20.3. The fraction of sp³-hybridized carbons (Fsp3) is 0.167. The average Bonchev–Trinajstić information content (AvgIpc) is 2.81. The summed E-state index contributed by atoms with van der Waals surface area (Å²) in [6.07, 6.45) is 2.29. The smallest absolute Gasteiger partial charge is 0.277 e. The van der Waals surface area contributed by atoms with Crippen LogP contribution in [-0.4, -0.2) is 32.4 Å². The van der Waals surface area contributed by atoms with Gasteiger partial charge in [-0.15, -0.1) is 0 Å². The summed E-state index contributed by atoms with van der Waals surface area (Å²) in [5, 5.41) is 4.77. The van der Waals surface area contributed by atoms with Gasteiger partial charge in [0.2, 0.25) is 0 Å². The first-order chi connectivity index (χ1) is 15.5. The van der Waals surface area contributed by atoms with Gasteiger partial charge in [-0.1, -0.05) is 53.5 Å². The lowest BCUT2D eigenvalue weighted by atomic mass is 10.2. The van der Waals surface area contributed by atoms with Gasteiger partial charge >= 0.3 is 0 Å². The number of methoxy groups -OCH3 is 1. The second-order valence-electron chi connectivity index (χ2n) is 6.65. The molecule has 1 N–H and O–H groups in total. The van der Waals surface area contributed by atoms with Crippen molar-refractivity contribution in [1.82, 2.24) is 5.43 Å². The maximum atomic E-state index is 11.9. The van der Waals surface area contributed by atoms with Crippen LogP contribution in [0.2, 0.25) is 10.0 Å². The van der Waals surface area contributed by atoms with Crippen LogP contribution < -0.4 is 19.6 Å². The summed E-state index contributed by atoms with van der Waals surface area (Å²) < 4.78 is 16.6. The van der Waals surface area contributed by atoms with Gasteiger partial charge in [0.05, 0.1) is 25.0 Å². The second kappa shape index (κ2) is 12.0. The Hall–Kier alpha value is -3.22. The van der Waals surface area contributed by atoms with Gasteiger partial charge in [0, 0.05) is 17.5 Å². The van der Waals surface area contributed by atoms with Crippen LogP contribution in [0.1, 0.15) is 11.1 Å². The molecule has 0 aliphatic carbocycles. The molecule has 3 aromatic carbocycles. The van der Waals surface area contributed by atoms with Gasteiger partial charge in [0.1, 0.15) is 5.75 Å². The number of hydrazone groups is 1. The third kappa shape index (κ3) is 7.18. The van der Waals surface area contributed by atoms with E-state index in [1.54, 1.807) is 31.4 Å². The molecule has 1 amide bonds. The highest BCUT2D eigenvalue weighted by Gasteiger charge is 2.07. The topological polar surface area (TPSA) is 69.2 Å². The number of halogens is 2. The number of hydrogen-bond acceptors (Lipinski definition) is 5. The number of hydrogen-bond donors (Lipinski definition) is 1. The molecule has 0 spiro atoms. The van der Waals surface area contributed by atoms with Crippen molar-refractivity contribution in [3.63, 3.8) is 0 Å². The molecule has 0 bridgehead atoms. The molecule has 0 heterocycles. The molecule has 0 radical (unpaired) electrons. The molecule has 6 nitrogen and oxygen atoms in total. The molecule has 0 aliphatic heterocycles. The van der Waals surface area contributed by atoms with Crippen molar-refractivity contribution in [2.24, 2.45) is 5.10 Å². The normalized spacial score (nSPS) is 10.7. The molecule has 0 fully saturated rings. The van der Waals surface area contributed by atoms with Crippen LogP contribution in [0.3, 0.4) is 0 Å². The fourth-order valence-corrected chi connectivity index (χ4v) is 3.08. The number of amides is 1. The molecule has 166 valence electrons. The quantitative estimate of drug-likeness (QED) is 0.327. The van der Waals surface area contributed by atoms with Crippen LogP contribution >= 0.6 is 23.2 Å². The van der Waals surface area contributed by atoms with E-state index in [1.165, 1.54) is 17.8 Å². The van der Waals surface area contributed by atoms with Crippen molar-refractivity contribution >= 4 is 35.3 Å².